The zero-order valence-corrected chi connectivity index (χ0v) is 8.48. The predicted molar refractivity (Wildman–Crippen MR) is 48.8 cm³/mol. The second-order valence-electron chi connectivity index (χ2n) is 2.19. The molecule has 0 spiro atoms. The van der Waals surface area contributed by atoms with Crippen LogP contribution in [-0.2, 0) is 9.53 Å². The van der Waals surface area contributed by atoms with Crippen molar-refractivity contribution in [1.29, 1.82) is 0 Å². The van der Waals surface area contributed by atoms with E-state index in [1.165, 1.54) is 0 Å². The maximum absolute atomic E-state index is 10.8. The molecule has 3 heteroatoms. The van der Waals surface area contributed by atoms with E-state index in [4.69, 9.17) is 4.74 Å². The van der Waals surface area contributed by atoms with Gasteiger partial charge in [0.05, 0.1) is 13.0 Å². The molecule has 2 nitrogen and oxygen atoms in total. The third-order valence-electron chi connectivity index (χ3n) is 1.13. The van der Waals surface area contributed by atoms with Gasteiger partial charge in [0.2, 0.25) is 0 Å². The average Bonchev–Trinajstić information content (AvgIpc) is 2.01. The molecule has 0 bridgehead atoms. The molecule has 0 heterocycles. The van der Waals surface area contributed by atoms with Gasteiger partial charge in [0.15, 0.2) is 0 Å². The molecule has 0 unspecified atom stereocenters. The van der Waals surface area contributed by atoms with Crippen LogP contribution in [0.4, 0.5) is 0 Å². The Morgan fingerprint density at radius 2 is 2.27 bits per heavy atom. The summed E-state index contributed by atoms with van der Waals surface area (Å²) in [6, 6.07) is 0. The van der Waals surface area contributed by atoms with E-state index >= 15 is 0 Å². The number of hydrogen-bond donors (Lipinski definition) is 0. The molecule has 0 aliphatic rings. The van der Waals surface area contributed by atoms with E-state index in [9.17, 15) is 4.79 Å². The number of alkyl halides is 1. The van der Waals surface area contributed by atoms with E-state index in [1.54, 1.807) is 6.92 Å². The lowest BCUT2D eigenvalue weighted by molar-refractivity contribution is -0.142. The van der Waals surface area contributed by atoms with Gasteiger partial charge in [0.25, 0.3) is 0 Å². The summed E-state index contributed by atoms with van der Waals surface area (Å²) in [4.78, 5) is 10.8. The lowest BCUT2D eigenvalue weighted by Crippen LogP contribution is -2.01. The van der Waals surface area contributed by atoms with E-state index in [0.29, 0.717) is 13.0 Å². The highest BCUT2D eigenvalue weighted by atomic mass is 79.9. The van der Waals surface area contributed by atoms with Gasteiger partial charge in [0.1, 0.15) is 0 Å². The van der Waals surface area contributed by atoms with Gasteiger partial charge in [-0.2, -0.15) is 0 Å². The van der Waals surface area contributed by atoms with Gasteiger partial charge in [0, 0.05) is 5.33 Å². The Morgan fingerprint density at radius 1 is 1.64 bits per heavy atom. The molecule has 0 rings (SSSR count). The summed E-state index contributed by atoms with van der Waals surface area (Å²) in [6.07, 6.45) is 2.25. The number of allylic oxidation sites excluding steroid dienone is 1. The molecule has 0 atom stereocenters. The normalized spacial score (nSPS) is 11.4. The lowest BCUT2D eigenvalue weighted by atomic mass is 10.3. The van der Waals surface area contributed by atoms with Crippen LogP contribution in [0.1, 0.15) is 20.3 Å². The number of ether oxygens (including phenoxy) is 1. The zero-order chi connectivity index (χ0) is 8.69. The van der Waals surface area contributed by atoms with Crippen molar-refractivity contribution in [1.82, 2.24) is 0 Å². The minimum Gasteiger partial charge on any atom is -0.466 e. The first kappa shape index (κ1) is 10.7. The number of esters is 1. The van der Waals surface area contributed by atoms with Crippen molar-refractivity contribution in [3.05, 3.63) is 11.6 Å². The minimum atomic E-state index is -0.159. The topological polar surface area (TPSA) is 26.3 Å². The highest BCUT2D eigenvalue weighted by Gasteiger charge is 1.97. The summed E-state index contributed by atoms with van der Waals surface area (Å²) in [7, 11) is 0. The van der Waals surface area contributed by atoms with Gasteiger partial charge in [-0.25, -0.2) is 0 Å². The first-order valence-corrected chi connectivity index (χ1v) is 4.70. The van der Waals surface area contributed by atoms with Crippen LogP contribution in [0.25, 0.3) is 0 Å². The monoisotopic (exact) mass is 220 g/mol. The summed E-state index contributed by atoms with van der Waals surface area (Å²) in [5, 5.41) is 0.812. The van der Waals surface area contributed by atoms with Gasteiger partial charge in [-0.05, 0) is 13.8 Å². The molecule has 0 aromatic carbocycles. The number of halogens is 1. The van der Waals surface area contributed by atoms with Gasteiger partial charge in [-0.1, -0.05) is 27.6 Å². The van der Waals surface area contributed by atoms with E-state index in [-0.39, 0.29) is 5.97 Å². The van der Waals surface area contributed by atoms with Crippen molar-refractivity contribution in [2.75, 3.05) is 11.9 Å². The molecule has 0 aliphatic heterocycles. The summed E-state index contributed by atoms with van der Waals surface area (Å²) < 4.78 is 4.74. The number of carbonyl (C=O) groups is 1. The van der Waals surface area contributed by atoms with E-state index in [0.717, 1.165) is 10.9 Å². The fraction of sp³-hybridized carbons (Fsp3) is 0.625. The Balaban J connectivity index is 3.60. The second-order valence-corrected chi connectivity index (χ2v) is 2.75. The molecule has 0 aromatic rings. The molecule has 0 aliphatic carbocycles. The smallest absolute Gasteiger partial charge is 0.309 e. The lowest BCUT2D eigenvalue weighted by Gasteiger charge is -1.97. The summed E-state index contributed by atoms with van der Waals surface area (Å²) >= 11 is 3.28. The molecule has 0 aromatic heterocycles. The fourth-order valence-corrected chi connectivity index (χ4v) is 0.761. The van der Waals surface area contributed by atoms with Crippen molar-refractivity contribution < 1.29 is 9.53 Å². The van der Waals surface area contributed by atoms with Gasteiger partial charge >= 0.3 is 5.97 Å². The SMILES string of the molecule is CCOC(=O)CC=C(C)CBr. The van der Waals surface area contributed by atoms with Crippen molar-refractivity contribution in [2.24, 2.45) is 0 Å². The van der Waals surface area contributed by atoms with E-state index < -0.39 is 0 Å². The minimum absolute atomic E-state index is 0.159. The molecule has 0 saturated heterocycles. The van der Waals surface area contributed by atoms with Crippen molar-refractivity contribution in [3.63, 3.8) is 0 Å². The molecule has 0 radical (unpaired) electrons. The van der Waals surface area contributed by atoms with Crippen LogP contribution in [0.3, 0.4) is 0 Å². The molecule has 0 N–H and O–H groups in total. The van der Waals surface area contributed by atoms with Gasteiger partial charge < -0.3 is 4.74 Å². The Labute approximate surface area is 75.7 Å². The van der Waals surface area contributed by atoms with Crippen LogP contribution in [0.5, 0.6) is 0 Å². The molecular formula is C8H13BrO2. The second kappa shape index (κ2) is 6.40. The van der Waals surface area contributed by atoms with E-state index in [2.05, 4.69) is 15.9 Å². The highest BCUT2D eigenvalue weighted by molar-refractivity contribution is 9.09. The molecular weight excluding hydrogens is 208 g/mol. The molecule has 0 amide bonds. The standard InChI is InChI=1S/C8H13BrO2/c1-3-11-8(10)5-4-7(2)6-9/h4H,3,5-6H2,1-2H3. The number of carbonyl (C=O) groups excluding carboxylic acids is 1. The zero-order valence-electron chi connectivity index (χ0n) is 6.89. The Kier molecular flexibility index (Phi) is 6.22. The van der Waals surface area contributed by atoms with Crippen molar-refractivity contribution >= 4 is 21.9 Å². The molecule has 0 saturated carbocycles. The average molecular weight is 221 g/mol. The Hall–Kier alpha value is -0.310. The quantitative estimate of drug-likeness (QED) is 0.413. The summed E-state index contributed by atoms with van der Waals surface area (Å²) in [5.74, 6) is -0.159. The molecule has 0 fully saturated rings. The van der Waals surface area contributed by atoms with Crippen LogP contribution in [0, 0.1) is 0 Å². The van der Waals surface area contributed by atoms with Crippen LogP contribution < -0.4 is 0 Å². The first-order chi connectivity index (χ1) is 5.20. The van der Waals surface area contributed by atoms with Gasteiger partial charge in [-0.3, -0.25) is 4.79 Å². The number of rotatable bonds is 4. The Morgan fingerprint density at radius 3 is 2.73 bits per heavy atom. The summed E-state index contributed by atoms with van der Waals surface area (Å²) in [6.45, 7) is 4.23. The molecule has 64 valence electrons. The molecule has 11 heavy (non-hydrogen) atoms. The Bertz CT molecular complexity index is 152. The van der Waals surface area contributed by atoms with Crippen LogP contribution in [0.15, 0.2) is 11.6 Å². The summed E-state index contributed by atoms with van der Waals surface area (Å²) in [5.41, 5.74) is 1.15. The number of hydrogen-bond acceptors (Lipinski definition) is 2. The van der Waals surface area contributed by atoms with Crippen molar-refractivity contribution in [3.8, 4) is 0 Å². The van der Waals surface area contributed by atoms with Crippen LogP contribution in [-0.4, -0.2) is 17.9 Å². The maximum Gasteiger partial charge on any atom is 0.309 e. The van der Waals surface area contributed by atoms with Gasteiger partial charge in [-0.15, -0.1) is 0 Å². The maximum atomic E-state index is 10.8. The first-order valence-electron chi connectivity index (χ1n) is 3.58. The van der Waals surface area contributed by atoms with Crippen LogP contribution in [0.2, 0.25) is 0 Å². The highest BCUT2D eigenvalue weighted by Crippen LogP contribution is 2.00. The largest absolute Gasteiger partial charge is 0.466 e. The third-order valence-corrected chi connectivity index (χ3v) is 2.02. The fourth-order valence-electron chi connectivity index (χ4n) is 0.532. The van der Waals surface area contributed by atoms with Crippen molar-refractivity contribution in [2.45, 2.75) is 20.3 Å². The van der Waals surface area contributed by atoms with Crippen LogP contribution >= 0.6 is 15.9 Å². The van der Waals surface area contributed by atoms with E-state index in [1.807, 2.05) is 13.0 Å². The predicted octanol–water partition coefficient (Wildman–Crippen LogP) is 2.28. The third kappa shape index (κ3) is 6.10.